The fourth-order valence-corrected chi connectivity index (χ4v) is 1.69. The van der Waals surface area contributed by atoms with Crippen LogP contribution in [0.2, 0.25) is 5.02 Å². The Labute approximate surface area is 91.9 Å². The van der Waals surface area contributed by atoms with Crippen LogP contribution in [-0.2, 0) is 9.53 Å². The minimum atomic E-state index is 0.0654. The number of phenols is 1. The molecule has 0 fully saturated rings. The van der Waals surface area contributed by atoms with Crippen molar-refractivity contribution in [3.8, 4) is 5.75 Å². The van der Waals surface area contributed by atoms with Crippen molar-refractivity contribution in [3.63, 3.8) is 0 Å². The molecule has 1 aliphatic rings. The smallest absolute Gasteiger partial charge is 0.149 e. The van der Waals surface area contributed by atoms with Crippen molar-refractivity contribution >= 4 is 23.6 Å². The zero-order chi connectivity index (χ0) is 10.8. The maximum Gasteiger partial charge on any atom is 0.149 e. The number of aldehydes is 1. The first-order valence-corrected chi connectivity index (χ1v) is 4.90. The van der Waals surface area contributed by atoms with Gasteiger partial charge in [0.1, 0.15) is 17.8 Å². The number of hydrogen-bond donors (Lipinski definition) is 1. The summed E-state index contributed by atoms with van der Waals surface area (Å²) in [5.41, 5.74) is 1.04. The Morgan fingerprint density at radius 2 is 2.27 bits per heavy atom. The SMILES string of the molecule is O=CC1=C(c2cc(Cl)ccc2O)OCC1. The molecule has 78 valence electrons. The van der Waals surface area contributed by atoms with Gasteiger partial charge in [0.25, 0.3) is 0 Å². The minimum absolute atomic E-state index is 0.0654. The van der Waals surface area contributed by atoms with Gasteiger partial charge >= 0.3 is 0 Å². The topological polar surface area (TPSA) is 46.5 Å². The molecular weight excluding hydrogens is 216 g/mol. The fourth-order valence-electron chi connectivity index (χ4n) is 1.52. The van der Waals surface area contributed by atoms with E-state index in [0.29, 0.717) is 34.9 Å². The highest BCUT2D eigenvalue weighted by atomic mass is 35.5. The van der Waals surface area contributed by atoms with Gasteiger partial charge in [0.05, 0.1) is 12.2 Å². The number of hydrogen-bond acceptors (Lipinski definition) is 3. The van der Waals surface area contributed by atoms with Crippen LogP contribution in [0, 0.1) is 0 Å². The molecule has 0 aliphatic carbocycles. The molecule has 4 heteroatoms. The molecule has 0 unspecified atom stereocenters. The third-order valence-electron chi connectivity index (χ3n) is 2.25. The lowest BCUT2D eigenvalue weighted by Crippen LogP contribution is -1.89. The van der Waals surface area contributed by atoms with Crippen molar-refractivity contribution in [3.05, 3.63) is 34.4 Å². The number of benzene rings is 1. The summed E-state index contributed by atoms with van der Waals surface area (Å²) in [5, 5.41) is 10.1. The fraction of sp³-hybridized carbons (Fsp3) is 0.182. The highest BCUT2D eigenvalue weighted by molar-refractivity contribution is 6.30. The van der Waals surface area contributed by atoms with Gasteiger partial charge in [-0.25, -0.2) is 0 Å². The van der Waals surface area contributed by atoms with Gasteiger partial charge in [0.15, 0.2) is 0 Å². The Balaban J connectivity index is 2.53. The van der Waals surface area contributed by atoms with E-state index in [-0.39, 0.29) is 5.75 Å². The van der Waals surface area contributed by atoms with E-state index in [9.17, 15) is 9.90 Å². The summed E-state index contributed by atoms with van der Waals surface area (Å²) in [5.74, 6) is 0.501. The summed E-state index contributed by atoms with van der Waals surface area (Å²) in [7, 11) is 0. The molecule has 0 aromatic heterocycles. The van der Waals surface area contributed by atoms with Gasteiger partial charge < -0.3 is 9.84 Å². The number of carbonyl (C=O) groups excluding carboxylic acids is 1. The van der Waals surface area contributed by atoms with Gasteiger partial charge in [-0.1, -0.05) is 11.6 Å². The van der Waals surface area contributed by atoms with Crippen LogP contribution in [0.25, 0.3) is 5.76 Å². The summed E-state index contributed by atoms with van der Waals surface area (Å²) in [6, 6.07) is 4.65. The molecule has 1 aromatic carbocycles. The molecule has 0 bridgehead atoms. The van der Waals surface area contributed by atoms with Crippen LogP contribution in [0.15, 0.2) is 23.8 Å². The van der Waals surface area contributed by atoms with Crippen molar-refractivity contribution < 1.29 is 14.6 Å². The second-order valence-electron chi connectivity index (χ2n) is 3.23. The van der Waals surface area contributed by atoms with E-state index in [1.54, 1.807) is 12.1 Å². The Hall–Kier alpha value is -1.48. The van der Waals surface area contributed by atoms with E-state index in [1.165, 1.54) is 6.07 Å². The van der Waals surface area contributed by atoms with Gasteiger partial charge in [-0.3, -0.25) is 4.79 Å². The molecule has 1 N–H and O–H groups in total. The van der Waals surface area contributed by atoms with Crippen LogP contribution in [0.1, 0.15) is 12.0 Å². The highest BCUT2D eigenvalue weighted by Gasteiger charge is 2.20. The second-order valence-corrected chi connectivity index (χ2v) is 3.67. The first-order chi connectivity index (χ1) is 7.22. The molecule has 0 atom stereocenters. The Kier molecular flexibility index (Phi) is 2.64. The van der Waals surface area contributed by atoms with Crippen molar-refractivity contribution in [2.45, 2.75) is 6.42 Å². The van der Waals surface area contributed by atoms with Gasteiger partial charge in [-0.15, -0.1) is 0 Å². The molecule has 0 amide bonds. The summed E-state index contributed by atoms with van der Waals surface area (Å²) >= 11 is 5.81. The van der Waals surface area contributed by atoms with Crippen LogP contribution >= 0.6 is 11.6 Å². The number of aromatic hydroxyl groups is 1. The largest absolute Gasteiger partial charge is 0.507 e. The average Bonchev–Trinajstić information content (AvgIpc) is 2.69. The second kappa shape index (κ2) is 3.95. The van der Waals surface area contributed by atoms with Crippen molar-refractivity contribution in [2.24, 2.45) is 0 Å². The number of phenolic OH excluding ortho intramolecular Hbond substituents is 1. The average molecular weight is 225 g/mol. The van der Waals surface area contributed by atoms with Crippen LogP contribution in [-0.4, -0.2) is 18.0 Å². The van der Waals surface area contributed by atoms with Gasteiger partial charge in [-0.05, 0) is 18.2 Å². The maximum atomic E-state index is 10.7. The molecule has 15 heavy (non-hydrogen) atoms. The van der Waals surface area contributed by atoms with E-state index < -0.39 is 0 Å². The first-order valence-electron chi connectivity index (χ1n) is 4.52. The van der Waals surface area contributed by atoms with Crippen molar-refractivity contribution in [1.82, 2.24) is 0 Å². The third-order valence-corrected chi connectivity index (χ3v) is 2.49. The Bertz CT molecular complexity index is 437. The van der Waals surface area contributed by atoms with Crippen LogP contribution in [0.3, 0.4) is 0 Å². The highest BCUT2D eigenvalue weighted by Crippen LogP contribution is 2.34. The lowest BCUT2D eigenvalue weighted by Gasteiger charge is -2.07. The number of ether oxygens (including phenoxy) is 1. The van der Waals surface area contributed by atoms with Gasteiger partial charge in [0, 0.05) is 17.0 Å². The molecular formula is C11H9ClO3. The van der Waals surface area contributed by atoms with E-state index in [2.05, 4.69) is 0 Å². The molecule has 1 heterocycles. The molecule has 0 saturated carbocycles. The van der Waals surface area contributed by atoms with E-state index in [0.717, 1.165) is 6.29 Å². The summed E-state index contributed by atoms with van der Waals surface area (Å²) in [6.07, 6.45) is 1.33. The predicted molar refractivity (Wildman–Crippen MR) is 56.7 cm³/mol. The van der Waals surface area contributed by atoms with E-state index in [4.69, 9.17) is 16.3 Å². The monoisotopic (exact) mass is 224 g/mol. The van der Waals surface area contributed by atoms with Crippen molar-refractivity contribution in [2.75, 3.05) is 6.61 Å². The summed E-state index contributed by atoms with van der Waals surface area (Å²) < 4.78 is 5.31. The molecule has 0 saturated heterocycles. The Morgan fingerprint density at radius 1 is 1.47 bits per heavy atom. The molecule has 0 spiro atoms. The quantitative estimate of drug-likeness (QED) is 0.785. The molecule has 1 aliphatic heterocycles. The van der Waals surface area contributed by atoms with Crippen LogP contribution in [0.5, 0.6) is 5.75 Å². The molecule has 3 nitrogen and oxygen atoms in total. The van der Waals surface area contributed by atoms with Crippen LogP contribution in [0.4, 0.5) is 0 Å². The minimum Gasteiger partial charge on any atom is -0.507 e. The number of carbonyl (C=O) groups is 1. The normalized spacial score (nSPS) is 15.3. The molecule has 1 aromatic rings. The summed E-state index contributed by atoms with van der Waals surface area (Å²) in [4.78, 5) is 10.7. The summed E-state index contributed by atoms with van der Waals surface area (Å²) in [6.45, 7) is 0.468. The van der Waals surface area contributed by atoms with Crippen molar-refractivity contribution in [1.29, 1.82) is 0 Å². The maximum absolute atomic E-state index is 10.7. The first kappa shape index (κ1) is 10.1. The lowest BCUT2D eigenvalue weighted by molar-refractivity contribution is -0.104. The number of rotatable bonds is 2. The number of halogens is 1. The lowest BCUT2D eigenvalue weighted by atomic mass is 10.1. The predicted octanol–water partition coefficient (Wildman–Crippen LogP) is 2.38. The zero-order valence-corrected chi connectivity index (χ0v) is 8.62. The molecule has 0 radical (unpaired) electrons. The molecule has 2 rings (SSSR count). The van der Waals surface area contributed by atoms with Gasteiger partial charge in [-0.2, -0.15) is 0 Å². The zero-order valence-electron chi connectivity index (χ0n) is 7.87. The Morgan fingerprint density at radius 3 is 3.00 bits per heavy atom. The standard InChI is InChI=1S/C11H9ClO3/c12-8-1-2-10(14)9(5-8)11-7(6-13)3-4-15-11/h1-2,5-6,14H,3-4H2. The van der Waals surface area contributed by atoms with Gasteiger partial charge in [0.2, 0.25) is 0 Å². The van der Waals surface area contributed by atoms with E-state index in [1.807, 2.05) is 0 Å². The van der Waals surface area contributed by atoms with E-state index >= 15 is 0 Å². The third kappa shape index (κ3) is 1.83. The van der Waals surface area contributed by atoms with Crippen LogP contribution < -0.4 is 0 Å².